The first kappa shape index (κ1) is 12.2. The Balaban J connectivity index is 1.96. The minimum Gasteiger partial charge on any atom is -0.314 e. The summed E-state index contributed by atoms with van der Waals surface area (Å²) in [7, 11) is 2.09. The maximum Gasteiger partial charge on any atom is 0.174 e. The third kappa shape index (κ3) is 2.91. The molecular formula is C11H15BrN2OS. The molecule has 0 aromatic carbocycles. The number of Topliss-reactive ketones (excluding diaryl/α,β-unsaturated/α-hetero) is 1. The summed E-state index contributed by atoms with van der Waals surface area (Å²) in [4.78, 5) is 15.1. The van der Waals surface area contributed by atoms with Gasteiger partial charge < -0.3 is 10.2 Å². The summed E-state index contributed by atoms with van der Waals surface area (Å²) in [5.74, 6) is 0.247. The number of hydrogen-bond acceptors (Lipinski definition) is 4. The second kappa shape index (κ2) is 5.40. The van der Waals surface area contributed by atoms with E-state index in [1.54, 1.807) is 0 Å². The highest BCUT2D eigenvalue weighted by Gasteiger charge is 2.22. The van der Waals surface area contributed by atoms with E-state index in [9.17, 15) is 4.79 Å². The average molecular weight is 303 g/mol. The molecule has 0 amide bonds. The summed E-state index contributed by atoms with van der Waals surface area (Å²) < 4.78 is 1.02. The van der Waals surface area contributed by atoms with E-state index in [4.69, 9.17) is 0 Å². The molecule has 1 saturated heterocycles. The fourth-order valence-corrected chi connectivity index (χ4v) is 3.20. The van der Waals surface area contributed by atoms with Gasteiger partial charge in [-0.25, -0.2) is 0 Å². The van der Waals surface area contributed by atoms with Crippen LogP contribution in [0.25, 0.3) is 0 Å². The Morgan fingerprint density at radius 3 is 3.12 bits per heavy atom. The molecule has 3 nitrogen and oxygen atoms in total. The molecule has 1 N–H and O–H groups in total. The second-order valence-electron chi connectivity index (χ2n) is 4.07. The lowest BCUT2D eigenvalue weighted by atomic mass is 10.1. The molecule has 0 radical (unpaired) electrons. The predicted octanol–water partition coefficient (Wildman–Crippen LogP) is 1.99. The Labute approximate surface area is 108 Å². The van der Waals surface area contributed by atoms with Crippen molar-refractivity contribution in [2.45, 2.75) is 12.5 Å². The largest absolute Gasteiger partial charge is 0.314 e. The lowest BCUT2D eigenvalue weighted by molar-refractivity contribution is 0.0921. The van der Waals surface area contributed by atoms with Gasteiger partial charge in [-0.15, -0.1) is 11.3 Å². The van der Waals surface area contributed by atoms with Crippen molar-refractivity contribution in [1.29, 1.82) is 0 Å². The van der Waals surface area contributed by atoms with Crippen LogP contribution < -0.4 is 5.32 Å². The monoisotopic (exact) mass is 302 g/mol. The topological polar surface area (TPSA) is 32.3 Å². The van der Waals surface area contributed by atoms with E-state index in [1.807, 2.05) is 12.1 Å². The van der Waals surface area contributed by atoms with Crippen LogP contribution in [0, 0.1) is 0 Å². The highest BCUT2D eigenvalue weighted by Crippen LogP contribution is 2.24. The third-order valence-electron chi connectivity index (χ3n) is 2.91. The van der Waals surface area contributed by atoms with Crippen molar-refractivity contribution in [3.63, 3.8) is 0 Å². The van der Waals surface area contributed by atoms with E-state index in [0.29, 0.717) is 12.5 Å². The minimum atomic E-state index is 0.247. The first-order valence-electron chi connectivity index (χ1n) is 5.36. The molecule has 5 heteroatoms. The lowest BCUT2D eigenvalue weighted by Crippen LogP contribution is -2.49. The number of ketones is 1. The smallest absolute Gasteiger partial charge is 0.174 e. The van der Waals surface area contributed by atoms with Crippen LogP contribution in [0.4, 0.5) is 0 Å². The molecule has 1 aromatic rings. The molecule has 88 valence electrons. The number of halogens is 1. The zero-order chi connectivity index (χ0) is 11.5. The van der Waals surface area contributed by atoms with Crippen LogP contribution in [0.5, 0.6) is 0 Å². The van der Waals surface area contributed by atoms with E-state index in [0.717, 1.165) is 28.3 Å². The molecule has 1 unspecified atom stereocenters. The second-order valence-corrected chi connectivity index (χ2v) is 6.53. The van der Waals surface area contributed by atoms with E-state index >= 15 is 0 Å². The molecule has 0 saturated carbocycles. The van der Waals surface area contributed by atoms with Crippen molar-refractivity contribution >= 4 is 33.0 Å². The Morgan fingerprint density at radius 2 is 2.50 bits per heavy atom. The maximum atomic E-state index is 12.0. The summed E-state index contributed by atoms with van der Waals surface area (Å²) in [5, 5.41) is 3.33. The van der Waals surface area contributed by atoms with Gasteiger partial charge in [0.15, 0.2) is 5.78 Å². The molecule has 0 bridgehead atoms. The highest BCUT2D eigenvalue weighted by molar-refractivity contribution is 9.11. The number of thiophene rings is 1. The number of carbonyl (C=O) groups is 1. The van der Waals surface area contributed by atoms with Gasteiger partial charge in [-0.3, -0.25) is 4.79 Å². The summed E-state index contributed by atoms with van der Waals surface area (Å²) in [5.41, 5.74) is 0. The summed E-state index contributed by atoms with van der Waals surface area (Å²) in [6.45, 7) is 2.95. The standard InChI is InChI=1S/C11H15BrN2OS/c1-14-5-4-13-7-8(14)6-9(15)10-2-3-11(12)16-10/h2-3,8,13H,4-7H2,1H3. The summed E-state index contributed by atoms with van der Waals surface area (Å²) in [6, 6.07) is 4.16. The van der Waals surface area contributed by atoms with Crippen LogP contribution in [0.3, 0.4) is 0 Å². The van der Waals surface area contributed by atoms with Gasteiger partial charge in [0.2, 0.25) is 0 Å². The van der Waals surface area contributed by atoms with Crippen LogP contribution >= 0.6 is 27.3 Å². The fraction of sp³-hybridized carbons (Fsp3) is 0.545. The van der Waals surface area contributed by atoms with Gasteiger partial charge in [0, 0.05) is 32.1 Å². The number of nitrogens with one attached hydrogen (secondary N) is 1. The molecule has 2 rings (SSSR count). The number of piperazine rings is 1. The van der Waals surface area contributed by atoms with Gasteiger partial charge in [-0.1, -0.05) is 0 Å². The fourth-order valence-electron chi connectivity index (χ4n) is 1.87. The zero-order valence-corrected chi connectivity index (χ0v) is 11.6. The van der Waals surface area contributed by atoms with Crippen molar-refractivity contribution in [2.75, 3.05) is 26.7 Å². The molecule has 0 spiro atoms. The Hall–Kier alpha value is -0.230. The van der Waals surface area contributed by atoms with Crippen LogP contribution in [-0.2, 0) is 0 Å². The SMILES string of the molecule is CN1CCNCC1CC(=O)c1ccc(Br)s1. The summed E-state index contributed by atoms with van der Waals surface area (Å²) in [6.07, 6.45) is 0.608. The first-order valence-corrected chi connectivity index (χ1v) is 6.97. The first-order chi connectivity index (χ1) is 7.66. The maximum absolute atomic E-state index is 12.0. The van der Waals surface area contributed by atoms with Crippen molar-refractivity contribution < 1.29 is 4.79 Å². The predicted molar refractivity (Wildman–Crippen MR) is 70.3 cm³/mol. The quantitative estimate of drug-likeness (QED) is 0.867. The molecule has 1 aromatic heterocycles. The van der Waals surface area contributed by atoms with Crippen molar-refractivity contribution in [3.8, 4) is 0 Å². The highest BCUT2D eigenvalue weighted by atomic mass is 79.9. The van der Waals surface area contributed by atoms with Crippen LogP contribution in [0.15, 0.2) is 15.9 Å². The van der Waals surface area contributed by atoms with Crippen molar-refractivity contribution in [3.05, 3.63) is 20.8 Å². The van der Waals surface area contributed by atoms with Gasteiger partial charge in [-0.2, -0.15) is 0 Å². The molecule has 2 heterocycles. The van der Waals surface area contributed by atoms with E-state index in [1.165, 1.54) is 11.3 Å². The molecular weight excluding hydrogens is 288 g/mol. The number of likely N-dealkylation sites (N-methyl/N-ethyl adjacent to an activating group) is 1. The molecule has 1 aliphatic heterocycles. The number of hydrogen-bond donors (Lipinski definition) is 1. The van der Waals surface area contributed by atoms with Crippen LogP contribution in [0.2, 0.25) is 0 Å². The Morgan fingerprint density at radius 1 is 1.69 bits per heavy atom. The van der Waals surface area contributed by atoms with Gasteiger partial charge in [0.05, 0.1) is 8.66 Å². The summed E-state index contributed by atoms with van der Waals surface area (Å²) >= 11 is 4.89. The minimum absolute atomic E-state index is 0.247. The normalized spacial score (nSPS) is 22.2. The third-order valence-corrected chi connectivity index (χ3v) is 4.58. The van der Waals surface area contributed by atoms with Gasteiger partial charge in [0.25, 0.3) is 0 Å². The van der Waals surface area contributed by atoms with Crippen LogP contribution in [0.1, 0.15) is 16.1 Å². The van der Waals surface area contributed by atoms with Gasteiger partial charge >= 0.3 is 0 Å². The van der Waals surface area contributed by atoms with Gasteiger partial charge in [-0.05, 0) is 35.1 Å². The van der Waals surface area contributed by atoms with E-state index in [-0.39, 0.29) is 5.78 Å². The van der Waals surface area contributed by atoms with E-state index in [2.05, 4.69) is 33.2 Å². The van der Waals surface area contributed by atoms with Crippen molar-refractivity contribution in [1.82, 2.24) is 10.2 Å². The molecule has 1 fully saturated rings. The Kier molecular flexibility index (Phi) is 4.13. The van der Waals surface area contributed by atoms with Gasteiger partial charge in [0.1, 0.15) is 0 Å². The van der Waals surface area contributed by atoms with Crippen molar-refractivity contribution in [2.24, 2.45) is 0 Å². The lowest BCUT2D eigenvalue weighted by Gasteiger charge is -2.32. The molecule has 1 atom stereocenters. The molecule has 1 aliphatic rings. The zero-order valence-electron chi connectivity index (χ0n) is 9.20. The number of carbonyl (C=O) groups excluding carboxylic acids is 1. The molecule has 0 aliphatic carbocycles. The number of nitrogens with zero attached hydrogens (tertiary/aromatic N) is 1. The van der Waals surface area contributed by atoms with E-state index < -0.39 is 0 Å². The Bertz CT molecular complexity index is 380. The average Bonchev–Trinajstić information content (AvgIpc) is 2.68. The van der Waals surface area contributed by atoms with Crippen LogP contribution in [-0.4, -0.2) is 43.4 Å². The molecule has 16 heavy (non-hydrogen) atoms. The number of rotatable bonds is 3.